The Bertz CT molecular complexity index is 702. The van der Waals surface area contributed by atoms with Gasteiger partial charge in [0.25, 0.3) is 0 Å². The molecule has 1 aliphatic rings. The molecule has 3 rings (SSSR count). The number of aryl methyl sites for hydroxylation is 2. The standard InChI is InChI=1S/C17H23N5O2/c1-12-9-13(2)22(20-12)16-4-3-15(10-18-16)19-17(24)21-7-5-14(11-23)6-8-21/h3-4,9-10,14,23H,5-8,11H2,1-2H3,(H,19,24). The number of aliphatic hydroxyl groups excluding tert-OH is 1. The highest BCUT2D eigenvalue weighted by molar-refractivity contribution is 5.89. The molecule has 0 bridgehead atoms. The number of hydrogen-bond donors (Lipinski definition) is 2. The molecule has 0 aliphatic carbocycles. The minimum absolute atomic E-state index is 0.118. The molecule has 2 aromatic rings. The average molecular weight is 329 g/mol. The van der Waals surface area contributed by atoms with E-state index in [0.29, 0.717) is 24.7 Å². The predicted octanol–water partition coefficient (Wildman–Crippen LogP) is 2.12. The Kier molecular flexibility index (Phi) is 4.80. The van der Waals surface area contributed by atoms with Crippen LogP contribution in [0.4, 0.5) is 10.5 Å². The van der Waals surface area contributed by atoms with E-state index < -0.39 is 0 Å². The number of carbonyl (C=O) groups is 1. The highest BCUT2D eigenvalue weighted by Crippen LogP contribution is 2.18. The molecule has 0 unspecified atom stereocenters. The second kappa shape index (κ2) is 7.00. The number of rotatable bonds is 3. The minimum Gasteiger partial charge on any atom is -0.396 e. The predicted molar refractivity (Wildman–Crippen MR) is 91.2 cm³/mol. The fraction of sp³-hybridized carbons (Fsp3) is 0.471. The van der Waals surface area contributed by atoms with Crippen molar-refractivity contribution < 1.29 is 9.90 Å². The van der Waals surface area contributed by atoms with Gasteiger partial charge in [0, 0.05) is 25.4 Å². The topological polar surface area (TPSA) is 83.3 Å². The van der Waals surface area contributed by atoms with E-state index in [1.54, 1.807) is 15.8 Å². The SMILES string of the molecule is Cc1cc(C)n(-c2ccc(NC(=O)N3CCC(CO)CC3)cn2)n1. The Labute approximate surface area is 141 Å². The van der Waals surface area contributed by atoms with Gasteiger partial charge in [0.15, 0.2) is 5.82 Å². The van der Waals surface area contributed by atoms with E-state index in [1.807, 2.05) is 32.0 Å². The van der Waals surface area contributed by atoms with Crippen LogP contribution in [-0.2, 0) is 0 Å². The molecule has 2 N–H and O–H groups in total. The molecule has 0 atom stereocenters. The number of aliphatic hydroxyl groups is 1. The number of urea groups is 1. The molecule has 128 valence electrons. The maximum atomic E-state index is 12.3. The van der Waals surface area contributed by atoms with Gasteiger partial charge in [-0.15, -0.1) is 0 Å². The van der Waals surface area contributed by atoms with Crippen LogP contribution in [0.25, 0.3) is 5.82 Å². The zero-order chi connectivity index (χ0) is 17.1. The van der Waals surface area contributed by atoms with E-state index in [4.69, 9.17) is 5.11 Å². The summed E-state index contributed by atoms with van der Waals surface area (Å²) < 4.78 is 1.78. The maximum absolute atomic E-state index is 12.3. The molecule has 0 saturated carbocycles. The van der Waals surface area contributed by atoms with Crippen LogP contribution in [0.3, 0.4) is 0 Å². The van der Waals surface area contributed by atoms with Crippen molar-refractivity contribution in [1.82, 2.24) is 19.7 Å². The van der Waals surface area contributed by atoms with Crippen molar-refractivity contribution in [2.45, 2.75) is 26.7 Å². The van der Waals surface area contributed by atoms with Gasteiger partial charge < -0.3 is 15.3 Å². The van der Waals surface area contributed by atoms with Crippen LogP contribution >= 0.6 is 0 Å². The first kappa shape index (κ1) is 16.4. The van der Waals surface area contributed by atoms with Crippen molar-refractivity contribution in [3.8, 4) is 5.82 Å². The van der Waals surface area contributed by atoms with Gasteiger partial charge >= 0.3 is 6.03 Å². The van der Waals surface area contributed by atoms with Gasteiger partial charge in [-0.2, -0.15) is 5.10 Å². The highest BCUT2D eigenvalue weighted by Gasteiger charge is 2.22. The largest absolute Gasteiger partial charge is 0.396 e. The Hall–Kier alpha value is -2.41. The summed E-state index contributed by atoms with van der Waals surface area (Å²) in [7, 11) is 0. The van der Waals surface area contributed by atoms with Crippen molar-refractivity contribution in [2.75, 3.05) is 25.0 Å². The van der Waals surface area contributed by atoms with Gasteiger partial charge in [0.05, 0.1) is 17.6 Å². The molecule has 0 aromatic carbocycles. The van der Waals surface area contributed by atoms with Gasteiger partial charge in [0.2, 0.25) is 0 Å². The highest BCUT2D eigenvalue weighted by atomic mass is 16.3. The fourth-order valence-electron chi connectivity index (χ4n) is 2.97. The van der Waals surface area contributed by atoms with Crippen LogP contribution in [-0.4, -0.2) is 50.5 Å². The molecule has 2 amide bonds. The van der Waals surface area contributed by atoms with Gasteiger partial charge in [0.1, 0.15) is 0 Å². The zero-order valence-electron chi connectivity index (χ0n) is 14.1. The first-order valence-electron chi connectivity index (χ1n) is 8.23. The Morgan fingerprint density at radius 3 is 2.62 bits per heavy atom. The lowest BCUT2D eigenvalue weighted by atomic mass is 9.98. The quantitative estimate of drug-likeness (QED) is 0.903. The van der Waals surface area contributed by atoms with Gasteiger partial charge in [-0.3, -0.25) is 0 Å². The number of nitrogens with one attached hydrogen (secondary N) is 1. The van der Waals surface area contributed by atoms with E-state index in [9.17, 15) is 4.79 Å². The molecule has 2 aromatic heterocycles. The number of aromatic nitrogens is 3. The van der Waals surface area contributed by atoms with E-state index >= 15 is 0 Å². The number of amides is 2. The Morgan fingerprint density at radius 2 is 2.08 bits per heavy atom. The summed E-state index contributed by atoms with van der Waals surface area (Å²) in [6.45, 7) is 5.47. The molecular weight excluding hydrogens is 306 g/mol. The number of nitrogens with zero attached hydrogens (tertiary/aromatic N) is 4. The lowest BCUT2D eigenvalue weighted by Gasteiger charge is -2.31. The van der Waals surface area contributed by atoms with Crippen LogP contribution in [0.2, 0.25) is 0 Å². The number of anilines is 1. The maximum Gasteiger partial charge on any atom is 0.321 e. The van der Waals surface area contributed by atoms with Gasteiger partial charge in [-0.05, 0) is 50.8 Å². The third kappa shape index (κ3) is 3.56. The van der Waals surface area contributed by atoms with E-state index in [1.165, 1.54) is 0 Å². The normalized spacial score (nSPS) is 15.5. The lowest BCUT2D eigenvalue weighted by molar-refractivity contribution is 0.143. The Morgan fingerprint density at radius 1 is 1.33 bits per heavy atom. The van der Waals surface area contributed by atoms with Gasteiger partial charge in [-0.25, -0.2) is 14.5 Å². The average Bonchev–Trinajstić information content (AvgIpc) is 2.94. The number of hydrogen-bond acceptors (Lipinski definition) is 4. The molecule has 7 heteroatoms. The summed E-state index contributed by atoms with van der Waals surface area (Å²) in [5.74, 6) is 1.04. The van der Waals surface area contributed by atoms with Crippen LogP contribution in [0.15, 0.2) is 24.4 Å². The molecule has 3 heterocycles. The molecule has 1 saturated heterocycles. The summed E-state index contributed by atoms with van der Waals surface area (Å²) >= 11 is 0. The van der Waals surface area contributed by atoms with E-state index in [-0.39, 0.29) is 12.6 Å². The number of likely N-dealkylation sites (tertiary alicyclic amines) is 1. The van der Waals surface area contributed by atoms with Crippen molar-refractivity contribution in [3.05, 3.63) is 35.8 Å². The zero-order valence-corrected chi connectivity index (χ0v) is 14.1. The van der Waals surface area contributed by atoms with Gasteiger partial charge in [-0.1, -0.05) is 0 Å². The summed E-state index contributed by atoms with van der Waals surface area (Å²) in [6.07, 6.45) is 3.34. The van der Waals surface area contributed by atoms with Crippen LogP contribution < -0.4 is 5.32 Å². The lowest BCUT2D eigenvalue weighted by Crippen LogP contribution is -2.41. The molecule has 1 aliphatic heterocycles. The molecule has 0 radical (unpaired) electrons. The molecule has 7 nitrogen and oxygen atoms in total. The molecule has 1 fully saturated rings. The summed E-state index contributed by atoms with van der Waals surface area (Å²) in [6, 6.07) is 5.55. The van der Waals surface area contributed by atoms with Crippen molar-refractivity contribution in [2.24, 2.45) is 5.92 Å². The third-order valence-corrected chi connectivity index (χ3v) is 4.39. The van der Waals surface area contributed by atoms with Crippen LogP contribution in [0.5, 0.6) is 0 Å². The van der Waals surface area contributed by atoms with E-state index in [0.717, 1.165) is 30.0 Å². The first-order valence-corrected chi connectivity index (χ1v) is 8.23. The van der Waals surface area contributed by atoms with Crippen molar-refractivity contribution >= 4 is 11.7 Å². The fourth-order valence-corrected chi connectivity index (χ4v) is 2.97. The van der Waals surface area contributed by atoms with E-state index in [2.05, 4.69) is 15.4 Å². The van der Waals surface area contributed by atoms with Crippen LogP contribution in [0.1, 0.15) is 24.2 Å². The first-order chi connectivity index (χ1) is 11.6. The number of piperidine rings is 1. The number of carbonyl (C=O) groups excluding carboxylic acids is 1. The molecule has 24 heavy (non-hydrogen) atoms. The number of pyridine rings is 1. The van der Waals surface area contributed by atoms with Crippen molar-refractivity contribution in [1.29, 1.82) is 0 Å². The smallest absolute Gasteiger partial charge is 0.321 e. The second-order valence-electron chi connectivity index (χ2n) is 6.29. The summed E-state index contributed by atoms with van der Waals surface area (Å²) in [5, 5.41) is 16.4. The molecule has 0 spiro atoms. The monoisotopic (exact) mass is 329 g/mol. The second-order valence-corrected chi connectivity index (χ2v) is 6.29. The summed E-state index contributed by atoms with van der Waals surface area (Å²) in [4.78, 5) is 18.4. The third-order valence-electron chi connectivity index (χ3n) is 4.39. The minimum atomic E-state index is -0.118. The van der Waals surface area contributed by atoms with Crippen LogP contribution in [0, 0.1) is 19.8 Å². The summed E-state index contributed by atoms with van der Waals surface area (Å²) in [5.41, 5.74) is 2.62. The Balaban J connectivity index is 1.62. The van der Waals surface area contributed by atoms with Crippen molar-refractivity contribution in [3.63, 3.8) is 0 Å². The molecular formula is C17H23N5O2.